The Labute approximate surface area is 55.3 Å². The fourth-order valence-electron chi connectivity index (χ4n) is 0.483. The third kappa shape index (κ3) is 4.39. The molecule has 0 aromatic heterocycles. The molecule has 0 radical (unpaired) electrons. The van der Waals surface area contributed by atoms with Gasteiger partial charge in [-0.15, -0.1) is 0 Å². The summed E-state index contributed by atoms with van der Waals surface area (Å²) in [6, 6.07) is 0. The molecule has 3 heteroatoms. The van der Waals surface area contributed by atoms with Gasteiger partial charge in [0, 0.05) is 0 Å². The predicted molar refractivity (Wildman–Crippen MR) is 34.2 cm³/mol. The van der Waals surface area contributed by atoms with E-state index in [1.807, 2.05) is 0 Å². The van der Waals surface area contributed by atoms with E-state index in [0.717, 1.165) is 0 Å². The van der Waals surface area contributed by atoms with Crippen LogP contribution in [0.15, 0.2) is 0 Å². The summed E-state index contributed by atoms with van der Waals surface area (Å²) in [6.07, 6.45) is -0.348. The van der Waals surface area contributed by atoms with Crippen molar-refractivity contribution < 1.29 is 14.9 Å². The van der Waals surface area contributed by atoms with Crippen molar-refractivity contribution >= 4 is 0 Å². The minimum Gasteiger partial charge on any atom is -0.394 e. The number of rotatable bonds is 4. The van der Waals surface area contributed by atoms with Crippen LogP contribution in [0.4, 0.5) is 0 Å². The fraction of sp³-hybridized carbons (Fsp3) is 1.00. The Morgan fingerprint density at radius 1 is 1.11 bits per heavy atom. The highest BCUT2D eigenvalue weighted by Crippen LogP contribution is 1.94. The molecule has 3 nitrogen and oxygen atoms in total. The summed E-state index contributed by atoms with van der Waals surface area (Å²) in [5.41, 5.74) is 0. The molecule has 0 fully saturated rings. The Morgan fingerprint density at radius 2 is 1.44 bits per heavy atom. The largest absolute Gasteiger partial charge is 0.394 e. The van der Waals surface area contributed by atoms with E-state index >= 15 is 0 Å². The highest BCUT2D eigenvalue weighted by Gasteiger charge is 2.04. The van der Waals surface area contributed by atoms with Gasteiger partial charge in [-0.1, -0.05) is 0 Å². The molecule has 2 N–H and O–H groups in total. The summed E-state index contributed by atoms with van der Waals surface area (Å²) in [4.78, 5) is 0. The Kier molecular flexibility index (Phi) is 4.67. The normalized spacial score (nSPS) is 17.3. The molecule has 0 saturated heterocycles. The molecule has 0 spiro atoms. The summed E-state index contributed by atoms with van der Waals surface area (Å²) in [6.45, 7) is 3.52. The predicted octanol–water partition coefficient (Wildman–Crippen LogP) is -0.235. The number of hydrogen-bond donors (Lipinski definition) is 2. The first kappa shape index (κ1) is 8.88. The summed E-state index contributed by atoms with van der Waals surface area (Å²) in [5, 5.41) is 16.9. The molecule has 0 amide bonds. The van der Waals surface area contributed by atoms with Gasteiger partial charge in [-0.2, -0.15) is 0 Å². The van der Waals surface area contributed by atoms with E-state index in [9.17, 15) is 0 Å². The molecular weight excluding hydrogens is 120 g/mol. The second kappa shape index (κ2) is 4.73. The lowest BCUT2D eigenvalue weighted by Crippen LogP contribution is -2.22. The van der Waals surface area contributed by atoms with Gasteiger partial charge in [0.15, 0.2) is 0 Å². The zero-order chi connectivity index (χ0) is 7.28. The first-order valence-electron chi connectivity index (χ1n) is 3.08. The molecule has 0 aliphatic heterocycles. The Morgan fingerprint density at radius 3 is 1.67 bits per heavy atom. The van der Waals surface area contributed by atoms with Gasteiger partial charge < -0.3 is 14.9 Å². The summed E-state index contributed by atoms with van der Waals surface area (Å²) < 4.78 is 5.05. The molecule has 0 bridgehead atoms. The number of aliphatic hydroxyl groups is 2. The minimum absolute atomic E-state index is 0.00431. The van der Waals surface area contributed by atoms with E-state index < -0.39 is 0 Å². The second-order valence-corrected chi connectivity index (χ2v) is 2.12. The van der Waals surface area contributed by atoms with Crippen LogP contribution in [-0.2, 0) is 4.74 Å². The molecule has 0 saturated carbocycles. The Bertz CT molecular complexity index is 57.3. The highest BCUT2D eigenvalue weighted by atomic mass is 16.5. The lowest BCUT2D eigenvalue weighted by Gasteiger charge is -2.14. The fourth-order valence-corrected chi connectivity index (χ4v) is 0.483. The van der Waals surface area contributed by atoms with Crippen LogP contribution in [0.25, 0.3) is 0 Å². The average Bonchev–Trinajstić information content (AvgIpc) is 1.87. The molecular formula is C6H14O3. The third-order valence-electron chi connectivity index (χ3n) is 0.979. The van der Waals surface area contributed by atoms with Crippen LogP contribution in [0.3, 0.4) is 0 Å². The van der Waals surface area contributed by atoms with Gasteiger partial charge in [0.1, 0.15) is 0 Å². The highest BCUT2D eigenvalue weighted by molar-refractivity contribution is 4.50. The van der Waals surface area contributed by atoms with E-state index in [1.165, 1.54) is 0 Å². The van der Waals surface area contributed by atoms with Crippen LogP contribution in [0, 0.1) is 0 Å². The van der Waals surface area contributed by atoms with E-state index in [4.69, 9.17) is 14.9 Å². The lowest BCUT2D eigenvalue weighted by molar-refractivity contribution is -0.0424. The summed E-state index contributed by atoms with van der Waals surface area (Å²) >= 11 is 0. The second-order valence-electron chi connectivity index (χ2n) is 2.12. The molecule has 0 aromatic rings. The van der Waals surface area contributed by atoms with Gasteiger partial charge in [-0.25, -0.2) is 0 Å². The topological polar surface area (TPSA) is 49.7 Å². The number of aliphatic hydroxyl groups excluding tert-OH is 2. The third-order valence-corrected chi connectivity index (χ3v) is 0.979. The van der Waals surface area contributed by atoms with Crippen molar-refractivity contribution in [3.63, 3.8) is 0 Å². The summed E-state index contributed by atoms with van der Waals surface area (Å²) in [5.74, 6) is 0. The van der Waals surface area contributed by atoms with Crippen LogP contribution < -0.4 is 0 Å². The number of ether oxygens (including phenoxy) is 1. The molecule has 0 heterocycles. The van der Waals surface area contributed by atoms with Crippen LogP contribution in [0.5, 0.6) is 0 Å². The smallest absolute Gasteiger partial charge is 0.0782 e. The zero-order valence-electron chi connectivity index (χ0n) is 5.87. The van der Waals surface area contributed by atoms with E-state index in [0.29, 0.717) is 0 Å². The number of hydrogen-bond acceptors (Lipinski definition) is 3. The van der Waals surface area contributed by atoms with Crippen molar-refractivity contribution in [2.45, 2.75) is 26.1 Å². The monoisotopic (exact) mass is 134 g/mol. The average molecular weight is 134 g/mol. The molecule has 0 aromatic carbocycles. The SMILES string of the molecule is CC(CO)OC(C)CO. The Balaban J connectivity index is 3.22. The minimum atomic E-state index is -0.174. The van der Waals surface area contributed by atoms with Gasteiger partial charge in [-0.05, 0) is 13.8 Å². The van der Waals surface area contributed by atoms with Gasteiger partial charge >= 0.3 is 0 Å². The van der Waals surface area contributed by atoms with Gasteiger partial charge in [-0.3, -0.25) is 0 Å². The molecule has 0 rings (SSSR count). The first-order chi connectivity index (χ1) is 4.20. The molecule has 2 atom stereocenters. The molecule has 0 aliphatic carbocycles. The quantitative estimate of drug-likeness (QED) is 0.558. The molecule has 2 unspecified atom stereocenters. The zero-order valence-corrected chi connectivity index (χ0v) is 5.87. The van der Waals surface area contributed by atoms with Crippen molar-refractivity contribution in [1.82, 2.24) is 0 Å². The Hall–Kier alpha value is -0.120. The van der Waals surface area contributed by atoms with Crippen molar-refractivity contribution in [2.75, 3.05) is 13.2 Å². The maximum atomic E-state index is 8.47. The standard InChI is InChI=1S/C6H14O3/c1-5(3-7)9-6(2)4-8/h5-8H,3-4H2,1-2H3. The lowest BCUT2D eigenvalue weighted by atomic mass is 10.4. The maximum Gasteiger partial charge on any atom is 0.0782 e. The van der Waals surface area contributed by atoms with Crippen LogP contribution in [-0.4, -0.2) is 35.6 Å². The molecule has 9 heavy (non-hydrogen) atoms. The van der Waals surface area contributed by atoms with E-state index in [2.05, 4.69) is 0 Å². The van der Waals surface area contributed by atoms with Gasteiger partial charge in [0.25, 0.3) is 0 Å². The van der Waals surface area contributed by atoms with E-state index in [1.54, 1.807) is 13.8 Å². The van der Waals surface area contributed by atoms with Crippen molar-refractivity contribution in [2.24, 2.45) is 0 Å². The van der Waals surface area contributed by atoms with Gasteiger partial charge in [0.05, 0.1) is 25.4 Å². The van der Waals surface area contributed by atoms with E-state index in [-0.39, 0.29) is 25.4 Å². The molecule has 56 valence electrons. The first-order valence-corrected chi connectivity index (χ1v) is 3.08. The molecule has 0 aliphatic rings. The van der Waals surface area contributed by atoms with Crippen LogP contribution in [0.2, 0.25) is 0 Å². The summed E-state index contributed by atoms with van der Waals surface area (Å²) in [7, 11) is 0. The van der Waals surface area contributed by atoms with Crippen LogP contribution >= 0.6 is 0 Å². The van der Waals surface area contributed by atoms with Gasteiger partial charge in [0.2, 0.25) is 0 Å². The van der Waals surface area contributed by atoms with Crippen molar-refractivity contribution in [3.8, 4) is 0 Å². The van der Waals surface area contributed by atoms with Crippen molar-refractivity contribution in [3.05, 3.63) is 0 Å². The van der Waals surface area contributed by atoms with Crippen LogP contribution in [0.1, 0.15) is 13.8 Å². The van der Waals surface area contributed by atoms with Crippen molar-refractivity contribution in [1.29, 1.82) is 0 Å². The maximum absolute atomic E-state index is 8.47.